The van der Waals surface area contributed by atoms with Gasteiger partial charge >= 0.3 is 0 Å². The lowest BCUT2D eigenvalue weighted by Gasteiger charge is -2.36. The second kappa shape index (κ2) is 5.04. The molecule has 0 aliphatic carbocycles. The van der Waals surface area contributed by atoms with Crippen molar-refractivity contribution in [3.63, 3.8) is 0 Å². The van der Waals surface area contributed by atoms with Crippen molar-refractivity contribution in [3.05, 3.63) is 0 Å². The summed E-state index contributed by atoms with van der Waals surface area (Å²) in [5.74, 6) is 0.768. The smallest absolute Gasteiger partial charge is 0.252 e. The molecule has 1 spiro atoms. The quantitative estimate of drug-likeness (QED) is 0.745. The molecule has 2 aliphatic heterocycles. The molecule has 2 aliphatic rings. The lowest BCUT2D eigenvalue weighted by molar-refractivity contribution is -0.125. The zero-order valence-corrected chi connectivity index (χ0v) is 10.8. The van der Waals surface area contributed by atoms with Gasteiger partial charge in [-0.1, -0.05) is 13.8 Å². The van der Waals surface area contributed by atoms with E-state index in [0.717, 1.165) is 45.4 Å². The van der Waals surface area contributed by atoms with Crippen molar-refractivity contribution in [2.24, 2.45) is 4.99 Å². The van der Waals surface area contributed by atoms with E-state index in [9.17, 15) is 4.79 Å². The predicted octanol–water partition coefficient (Wildman–Crippen LogP) is 0.326. The van der Waals surface area contributed by atoms with Gasteiger partial charge in [0.15, 0.2) is 5.96 Å². The first-order valence-corrected chi connectivity index (χ1v) is 6.56. The monoisotopic (exact) mass is 238 g/mol. The highest BCUT2D eigenvalue weighted by Crippen LogP contribution is 2.25. The van der Waals surface area contributed by atoms with E-state index in [1.807, 2.05) is 0 Å². The van der Waals surface area contributed by atoms with Crippen LogP contribution in [-0.2, 0) is 4.79 Å². The second-order valence-electron chi connectivity index (χ2n) is 4.83. The summed E-state index contributed by atoms with van der Waals surface area (Å²) < 4.78 is 0. The molecule has 0 bridgehead atoms. The Morgan fingerprint density at radius 1 is 1.35 bits per heavy atom. The van der Waals surface area contributed by atoms with Gasteiger partial charge in [0, 0.05) is 19.6 Å². The molecule has 2 fully saturated rings. The van der Waals surface area contributed by atoms with Gasteiger partial charge in [-0.25, -0.2) is 0 Å². The first kappa shape index (κ1) is 12.4. The predicted molar refractivity (Wildman–Crippen MR) is 68.0 cm³/mol. The fourth-order valence-electron chi connectivity index (χ4n) is 2.45. The zero-order chi connectivity index (χ0) is 12.3. The topological polar surface area (TPSA) is 56.7 Å². The minimum Gasteiger partial charge on any atom is -0.342 e. The van der Waals surface area contributed by atoms with E-state index in [2.05, 4.69) is 34.4 Å². The molecule has 0 aromatic carbocycles. The summed E-state index contributed by atoms with van der Waals surface area (Å²) in [7, 11) is 0. The number of nitrogens with one attached hydrogen (secondary N) is 2. The van der Waals surface area contributed by atoms with Crippen LogP contribution < -0.4 is 10.6 Å². The third kappa shape index (κ3) is 2.44. The largest absolute Gasteiger partial charge is 0.342 e. The number of rotatable bonds is 3. The number of hydrogen-bond acceptors (Lipinski definition) is 3. The third-order valence-corrected chi connectivity index (χ3v) is 3.67. The summed E-state index contributed by atoms with van der Waals surface area (Å²) in [5, 5.41) is 6.16. The van der Waals surface area contributed by atoms with Crippen LogP contribution in [-0.4, -0.2) is 48.5 Å². The third-order valence-electron chi connectivity index (χ3n) is 3.67. The Bertz CT molecular complexity index is 318. The van der Waals surface area contributed by atoms with Crippen LogP contribution in [0.4, 0.5) is 0 Å². The molecule has 0 radical (unpaired) electrons. The average molecular weight is 238 g/mol. The Hall–Kier alpha value is -1.10. The van der Waals surface area contributed by atoms with Gasteiger partial charge in [-0.15, -0.1) is 0 Å². The first-order chi connectivity index (χ1) is 8.20. The van der Waals surface area contributed by atoms with Crippen molar-refractivity contribution in [1.82, 2.24) is 15.5 Å². The van der Waals surface area contributed by atoms with E-state index >= 15 is 0 Å². The van der Waals surface area contributed by atoms with Crippen molar-refractivity contribution >= 4 is 11.9 Å². The number of piperidine rings is 1. The summed E-state index contributed by atoms with van der Waals surface area (Å²) in [6.45, 7) is 8.04. The molecule has 2 rings (SSSR count). The maximum absolute atomic E-state index is 12.0. The highest BCUT2D eigenvalue weighted by molar-refractivity contribution is 6.09. The second-order valence-corrected chi connectivity index (χ2v) is 4.83. The van der Waals surface area contributed by atoms with Crippen LogP contribution in [0.5, 0.6) is 0 Å². The molecule has 2 heterocycles. The number of carbonyl (C=O) groups is 1. The number of carbonyl (C=O) groups excluding carboxylic acids is 1. The molecule has 96 valence electrons. The summed E-state index contributed by atoms with van der Waals surface area (Å²) in [6, 6.07) is 0. The van der Waals surface area contributed by atoms with Crippen molar-refractivity contribution in [1.29, 1.82) is 0 Å². The van der Waals surface area contributed by atoms with Gasteiger partial charge in [-0.05, 0) is 25.8 Å². The zero-order valence-electron chi connectivity index (χ0n) is 10.8. The van der Waals surface area contributed by atoms with E-state index < -0.39 is 5.54 Å². The number of nitrogens with zero attached hydrogens (tertiary/aromatic N) is 2. The van der Waals surface area contributed by atoms with E-state index in [4.69, 9.17) is 0 Å². The Balaban J connectivity index is 2.00. The van der Waals surface area contributed by atoms with Crippen molar-refractivity contribution in [2.75, 3.05) is 26.2 Å². The van der Waals surface area contributed by atoms with Gasteiger partial charge in [0.2, 0.25) is 0 Å². The minimum atomic E-state index is -0.391. The Labute approximate surface area is 103 Å². The lowest BCUT2D eigenvalue weighted by atomic mass is 9.88. The number of amides is 1. The number of aliphatic imine (C=N–C) groups is 1. The van der Waals surface area contributed by atoms with Crippen LogP contribution in [0.3, 0.4) is 0 Å². The molecule has 0 unspecified atom stereocenters. The summed E-state index contributed by atoms with van der Waals surface area (Å²) in [5.41, 5.74) is -0.391. The van der Waals surface area contributed by atoms with Crippen molar-refractivity contribution in [2.45, 2.75) is 38.6 Å². The van der Waals surface area contributed by atoms with Crippen LogP contribution in [0.15, 0.2) is 4.99 Å². The maximum atomic E-state index is 12.0. The minimum absolute atomic E-state index is 0.100. The van der Waals surface area contributed by atoms with Crippen LogP contribution in [0.25, 0.3) is 0 Å². The molecule has 0 aromatic rings. The highest BCUT2D eigenvalue weighted by atomic mass is 16.2. The first-order valence-electron chi connectivity index (χ1n) is 6.56. The van der Waals surface area contributed by atoms with Crippen molar-refractivity contribution in [3.8, 4) is 0 Å². The van der Waals surface area contributed by atoms with E-state index in [1.54, 1.807) is 0 Å². The van der Waals surface area contributed by atoms with E-state index in [-0.39, 0.29) is 5.91 Å². The van der Waals surface area contributed by atoms with Gasteiger partial charge in [-0.2, -0.15) is 0 Å². The maximum Gasteiger partial charge on any atom is 0.252 e. The summed E-state index contributed by atoms with van der Waals surface area (Å²) in [4.78, 5) is 18.8. The molecule has 5 heteroatoms. The normalized spacial score (nSPS) is 26.2. The Morgan fingerprint density at radius 2 is 2.06 bits per heavy atom. The number of hydrogen-bond donors (Lipinski definition) is 2. The van der Waals surface area contributed by atoms with E-state index in [1.165, 1.54) is 0 Å². The van der Waals surface area contributed by atoms with Gasteiger partial charge in [0.05, 0.1) is 0 Å². The average Bonchev–Trinajstić information content (AvgIpc) is 2.65. The van der Waals surface area contributed by atoms with Gasteiger partial charge in [0.1, 0.15) is 5.54 Å². The molecule has 0 atom stereocenters. The van der Waals surface area contributed by atoms with Crippen LogP contribution in [0.1, 0.15) is 33.1 Å². The fourth-order valence-corrected chi connectivity index (χ4v) is 2.45. The van der Waals surface area contributed by atoms with Crippen LogP contribution in [0.2, 0.25) is 0 Å². The molecule has 2 saturated heterocycles. The summed E-state index contributed by atoms with van der Waals surface area (Å²) in [6.07, 6.45) is 2.74. The number of guanidine groups is 1. The molecule has 0 aromatic heterocycles. The Kier molecular flexibility index (Phi) is 3.66. The van der Waals surface area contributed by atoms with Gasteiger partial charge in [0.25, 0.3) is 5.91 Å². The molecule has 1 amide bonds. The van der Waals surface area contributed by atoms with Gasteiger partial charge < -0.3 is 10.2 Å². The lowest BCUT2D eigenvalue weighted by Crippen LogP contribution is -2.54. The van der Waals surface area contributed by atoms with Gasteiger partial charge in [-0.3, -0.25) is 15.1 Å². The molecule has 2 N–H and O–H groups in total. The van der Waals surface area contributed by atoms with Crippen LogP contribution >= 0.6 is 0 Å². The summed E-state index contributed by atoms with van der Waals surface area (Å²) >= 11 is 0. The van der Waals surface area contributed by atoms with Crippen LogP contribution in [0, 0.1) is 0 Å². The molecule has 0 saturated carbocycles. The standard InChI is InChI=1S/C12H22N4O/c1-3-7-13-11-14-10(17)12(15-11)5-8-16(4-2)9-6-12/h3-9H2,1-2H3,(H2,13,14,15,17). The molecular formula is C12H22N4O. The number of likely N-dealkylation sites (tertiary alicyclic amines) is 1. The molecule has 5 nitrogen and oxygen atoms in total. The fraction of sp³-hybridized carbons (Fsp3) is 0.833. The molecular weight excluding hydrogens is 216 g/mol. The molecule has 17 heavy (non-hydrogen) atoms. The highest BCUT2D eigenvalue weighted by Gasteiger charge is 2.46. The van der Waals surface area contributed by atoms with E-state index in [0.29, 0.717) is 5.96 Å². The Morgan fingerprint density at radius 3 is 2.65 bits per heavy atom. The van der Waals surface area contributed by atoms with Crippen molar-refractivity contribution < 1.29 is 4.79 Å². The SMILES string of the molecule is CCCN=C1NC(=O)C2(CCN(CC)CC2)N1.